The molecular weight excluding hydrogens is 112 g/mol. The van der Waals surface area contributed by atoms with Crippen molar-refractivity contribution in [2.75, 3.05) is 7.05 Å². The van der Waals surface area contributed by atoms with Crippen molar-refractivity contribution in [3.05, 3.63) is 0 Å². The van der Waals surface area contributed by atoms with E-state index in [9.17, 15) is 0 Å². The van der Waals surface area contributed by atoms with Gasteiger partial charge in [0.15, 0.2) is 0 Å². The second-order valence-corrected chi connectivity index (χ2v) is 2.77. The smallest absolute Gasteiger partial charge is 0.0962 e. The molecule has 2 unspecified atom stereocenters. The van der Waals surface area contributed by atoms with Gasteiger partial charge in [0.05, 0.1) is 11.9 Å². The molecular formula is C7H14N2. The van der Waals surface area contributed by atoms with Crippen LogP contribution in [0.4, 0.5) is 0 Å². The first kappa shape index (κ1) is 6.59. The first-order valence-electron chi connectivity index (χ1n) is 3.40. The summed E-state index contributed by atoms with van der Waals surface area (Å²) in [6.07, 6.45) is 0. The topological polar surface area (TPSA) is 15.6 Å². The summed E-state index contributed by atoms with van der Waals surface area (Å²) in [5.74, 6) is 1.16. The summed E-state index contributed by atoms with van der Waals surface area (Å²) in [6, 6.07) is 1.07. The molecule has 1 aliphatic heterocycles. The lowest BCUT2D eigenvalue weighted by atomic mass is 10.2. The molecule has 1 heterocycles. The van der Waals surface area contributed by atoms with Gasteiger partial charge in [-0.15, -0.1) is 0 Å². The number of hydrogen-bond donors (Lipinski definition) is 0. The van der Waals surface area contributed by atoms with E-state index in [0.29, 0.717) is 12.1 Å². The first-order valence-corrected chi connectivity index (χ1v) is 3.40. The van der Waals surface area contributed by atoms with Crippen molar-refractivity contribution >= 4 is 5.84 Å². The van der Waals surface area contributed by atoms with Crippen molar-refractivity contribution < 1.29 is 0 Å². The summed E-state index contributed by atoms with van der Waals surface area (Å²) in [4.78, 5) is 6.61. The Morgan fingerprint density at radius 3 is 2.11 bits per heavy atom. The van der Waals surface area contributed by atoms with E-state index in [2.05, 4.69) is 37.7 Å². The van der Waals surface area contributed by atoms with E-state index >= 15 is 0 Å². The molecule has 0 N–H and O–H groups in total. The fraction of sp³-hybridized carbons (Fsp3) is 0.857. The SMILES string of the molecule is CC1=NC(C)C(C)N1C. The lowest BCUT2D eigenvalue weighted by Crippen LogP contribution is -2.31. The second-order valence-electron chi connectivity index (χ2n) is 2.77. The molecule has 0 spiro atoms. The van der Waals surface area contributed by atoms with Gasteiger partial charge in [0.2, 0.25) is 0 Å². The number of likely N-dealkylation sites (N-methyl/N-ethyl adjacent to an activating group) is 1. The third-order valence-electron chi connectivity index (χ3n) is 2.21. The van der Waals surface area contributed by atoms with Crippen LogP contribution in [0.15, 0.2) is 4.99 Å². The van der Waals surface area contributed by atoms with Crippen LogP contribution in [0.2, 0.25) is 0 Å². The number of nitrogens with zero attached hydrogens (tertiary/aromatic N) is 2. The summed E-state index contributed by atoms with van der Waals surface area (Å²) < 4.78 is 0. The van der Waals surface area contributed by atoms with Crippen LogP contribution < -0.4 is 0 Å². The molecule has 9 heavy (non-hydrogen) atoms. The minimum absolute atomic E-state index is 0.481. The molecule has 0 aromatic heterocycles. The highest BCUT2D eigenvalue weighted by molar-refractivity contribution is 5.81. The minimum Gasteiger partial charge on any atom is -0.359 e. The fourth-order valence-electron chi connectivity index (χ4n) is 1.11. The van der Waals surface area contributed by atoms with Crippen LogP contribution in [0.5, 0.6) is 0 Å². The molecule has 52 valence electrons. The van der Waals surface area contributed by atoms with Gasteiger partial charge >= 0.3 is 0 Å². The van der Waals surface area contributed by atoms with Gasteiger partial charge in [-0.2, -0.15) is 0 Å². The highest BCUT2D eigenvalue weighted by Gasteiger charge is 2.23. The Morgan fingerprint density at radius 1 is 1.44 bits per heavy atom. The van der Waals surface area contributed by atoms with Crippen LogP contribution in [-0.2, 0) is 0 Å². The van der Waals surface area contributed by atoms with Gasteiger partial charge in [0.1, 0.15) is 0 Å². The molecule has 0 radical (unpaired) electrons. The van der Waals surface area contributed by atoms with E-state index in [1.54, 1.807) is 0 Å². The summed E-state index contributed by atoms with van der Waals surface area (Å²) in [5, 5.41) is 0. The van der Waals surface area contributed by atoms with E-state index in [-0.39, 0.29) is 0 Å². The van der Waals surface area contributed by atoms with Crippen LogP contribution in [0.25, 0.3) is 0 Å². The zero-order valence-electron chi connectivity index (χ0n) is 6.55. The second kappa shape index (κ2) is 2.01. The summed E-state index contributed by atoms with van der Waals surface area (Å²) >= 11 is 0. The number of rotatable bonds is 0. The van der Waals surface area contributed by atoms with Crippen LogP contribution in [0.1, 0.15) is 20.8 Å². The molecule has 0 amide bonds. The van der Waals surface area contributed by atoms with E-state index < -0.39 is 0 Å². The highest BCUT2D eigenvalue weighted by Crippen LogP contribution is 2.13. The average Bonchev–Trinajstić information content (AvgIpc) is 1.98. The van der Waals surface area contributed by atoms with Gasteiger partial charge in [-0.25, -0.2) is 0 Å². The fourth-order valence-corrected chi connectivity index (χ4v) is 1.11. The Bertz CT molecular complexity index is 140. The third kappa shape index (κ3) is 0.934. The van der Waals surface area contributed by atoms with Crippen LogP contribution >= 0.6 is 0 Å². The lowest BCUT2D eigenvalue weighted by Gasteiger charge is -2.19. The first-order chi connectivity index (χ1) is 4.13. The van der Waals surface area contributed by atoms with Crippen molar-refractivity contribution in [2.45, 2.75) is 32.9 Å². The standard InChI is InChI=1S/C7H14N2/c1-5-6(2)9(4)7(3)8-5/h5-6H,1-4H3. The van der Waals surface area contributed by atoms with Gasteiger partial charge in [0, 0.05) is 13.1 Å². The van der Waals surface area contributed by atoms with Crippen molar-refractivity contribution in [3.8, 4) is 0 Å². The monoisotopic (exact) mass is 126 g/mol. The van der Waals surface area contributed by atoms with Gasteiger partial charge in [0.25, 0.3) is 0 Å². The van der Waals surface area contributed by atoms with Gasteiger partial charge in [-0.05, 0) is 20.8 Å². The third-order valence-corrected chi connectivity index (χ3v) is 2.21. The summed E-state index contributed by atoms with van der Waals surface area (Å²) in [7, 11) is 2.09. The largest absolute Gasteiger partial charge is 0.359 e. The maximum Gasteiger partial charge on any atom is 0.0962 e. The average molecular weight is 126 g/mol. The van der Waals surface area contributed by atoms with Gasteiger partial charge < -0.3 is 4.90 Å². The molecule has 1 rings (SSSR count). The van der Waals surface area contributed by atoms with Gasteiger partial charge in [-0.1, -0.05) is 0 Å². The molecule has 1 aliphatic rings. The molecule has 0 aliphatic carbocycles. The Labute approximate surface area is 56.6 Å². The Morgan fingerprint density at radius 2 is 2.00 bits per heavy atom. The van der Waals surface area contributed by atoms with E-state index in [0.717, 1.165) is 5.84 Å². The molecule has 0 saturated carbocycles. The number of hydrogen-bond acceptors (Lipinski definition) is 2. The van der Waals surface area contributed by atoms with Crippen LogP contribution in [0, 0.1) is 0 Å². The predicted octanol–water partition coefficient (Wildman–Crippen LogP) is 1.13. The number of aliphatic imine (C=N–C) groups is 1. The van der Waals surface area contributed by atoms with Crippen LogP contribution in [-0.4, -0.2) is 29.9 Å². The summed E-state index contributed by atoms with van der Waals surface area (Å²) in [5.41, 5.74) is 0. The van der Waals surface area contributed by atoms with E-state index in [1.165, 1.54) is 0 Å². The Kier molecular flexibility index (Phi) is 1.47. The lowest BCUT2D eigenvalue weighted by molar-refractivity contribution is 0.386. The molecule has 2 atom stereocenters. The molecule has 0 aromatic rings. The quantitative estimate of drug-likeness (QED) is 0.475. The van der Waals surface area contributed by atoms with Gasteiger partial charge in [-0.3, -0.25) is 4.99 Å². The van der Waals surface area contributed by atoms with Crippen molar-refractivity contribution in [3.63, 3.8) is 0 Å². The molecule has 0 fully saturated rings. The zero-order chi connectivity index (χ0) is 7.02. The maximum atomic E-state index is 4.39. The molecule has 0 saturated heterocycles. The van der Waals surface area contributed by atoms with Crippen molar-refractivity contribution in [2.24, 2.45) is 4.99 Å². The molecule has 2 heteroatoms. The minimum atomic E-state index is 0.481. The Balaban J connectivity index is 2.70. The Hall–Kier alpha value is -0.530. The molecule has 0 aromatic carbocycles. The predicted molar refractivity (Wildman–Crippen MR) is 39.8 cm³/mol. The van der Waals surface area contributed by atoms with Crippen LogP contribution in [0.3, 0.4) is 0 Å². The van der Waals surface area contributed by atoms with E-state index in [4.69, 9.17) is 0 Å². The maximum absolute atomic E-state index is 4.39. The number of amidine groups is 1. The van der Waals surface area contributed by atoms with Crippen molar-refractivity contribution in [1.29, 1.82) is 0 Å². The zero-order valence-corrected chi connectivity index (χ0v) is 6.55. The van der Waals surface area contributed by atoms with Crippen molar-refractivity contribution in [1.82, 2.24) is 4.90 Å². The summed E-state index contributed by atoms with van der Waals surface area (Å²) in [6.45, 7) is 6.41. The van der Waals surface area contributed by atoms with E-state index in [1.807, 2.05) is 0 Å². The normalized spacial score (nSPS) is 35.1. The highest BCUT2D eigenvalue weighted by atomic mass is 15.3. The molecule has 2 nitrogen and oxygen atoms in total. The molecule has 0 bridgehead atoms.